The Morgan fingerprint density at radius 3 is 2.52 bits per heavy atom. The number of benzene rings is 1. The van der Waals surface area contributed by atoms with Crippen molar-refractivity contribution in [2.45, 2.75) is 0 Å². The summed E-state index contributed by atoms with van der Waals surface area (Å²) in [6.45, 7) is 0. The quantitative estimate of drug-likeness (QED) is 0.573. The van der Waals surface area contributed by atoms with Gasteiger partial charge in [-0.05, 0) is 5.56 Å². The Bertz CT molecular complexity index is 770. The molecule has 106 valence electrons. The van der Waals surface area contributed by atoms with Crippen molar-refractivity contribution >= 4 is 5.82 Å². The fraction of sp³-hybridized carbons (Fsp3) is 0. The molecule has 3 rings (SSSR count). The molecule has 3 aromatic rings. The van der Waals surface area contributed by atoms with Crippen LogP contribution in [0.2, 0.25) is 0 Å². The summed E-state index contributed by atoms with van der Waals surface area (Å²) in [7, 11) is 0. The zero-order valence-electron chi connectivity index (χ0n) is 10.8. The lowest BCUT2D eigenvalue weighted by Crippen LogP contribution is -2.13. The van der Waals surface area contributed by atoms with Gasteiger partial charge in [-0.3, -0.25) is 0 Å². The van der Waals surface area contributed by atoms with Crippen LogP contribution < -0.4 is 11.3 Å². The topological polar surface area (TPSA) is 68.8 Å². The van der Waals surface area contributed by atoms with Crippen LogP contribution >= 0.6 is 0 Å². The van der Waals surface area contributed by atoms with Gasteiger partial charge >= 0.3 is 0 Å². The zero-order valence-corrected chi connectivity index (χ0v) is 10.8. The Balaban J connectivity index is 2.04. The molecule has 0 saturated heterocycles. The summed E-state index contributed by atoms with van der Waals surface area (Å²) in [5.74, 6) is 3.07. The highest BCUT2D eigenvalue weighted by molar-refractivity contribution is 5.61. The number of hydrogen-bond acceptors (Lipinski definition) is 4. The summed E-state index contributed by atoms with van der Waals surface area (Å²) >= 11 is 0. The van der Waals surface area contributed by atoms with Crippen LogP contribution in [0.1, 0.15) is 0 Å². The van der Waals surface area contributed by atoms with Gasteiger partial charge in [0.1, 0.15) is 0 Å². The maximum absolute atomic E-state index is 13.8. The molecule has 0 bridgehead atoms. The van der Waals surface area contributed by atoms with Crippen LogP contribution in [0, 0.1) is 11.6 Å². The molecular weight excluding hydrogens is 276 g/mol. The van der Waals surface area contributed by atoms with E-state index in [4.69, 9.17) is 5.84 Å². The van der Waals surface area contributed by atoms with Crippen molar-refractivity contribution in [3.05, 3.63) is 60.4 Å². The number of nitrogen functional groups attached to an aromatic ring is 1. The van der Waals surface area contributed by atoms with E-state index in [0.29, 0.717) is 6.07 Å². The number of hydrazine groups is 1. The van der Waals surface area contributed by atoms with E-state index in [1.165, 1.54) is 4.68 Å². The van der Waals surface area contributed by atoms with Crippen LogP contribution in [0.15, 0.2) is 48.8 Å². The lowest BCUT2D eigenvalue weighted by Gasteiger charge is -2.06. The predicted octanol–water partition coefficient (Wildman–Crippen LogP) is 2.50. The average Bonchev–Trinajstić information content (AvgIpc) is 2.98. The number of nitrogens with two attached hydrogens (primary N) is 1. The number of nitrogens with one attached hydrogen (secondary N) is 1. The summed E-state index contributed by atoms with van der Waals surface area (Å²) in [5.41, 5.74) is 3.81. The molecule has 0 aliphatic carbocycles. The Hall–Kier alpha value is -2.80. The molecule has 0 radical (unpaired) electrons. The fourth-order valence-corrected chi connectivity index (χ4v) is 1.94. The molecule has 7 heteroatoms. The molecule has 2 aromatic heterocycles. The van der Waals surface area contributed by atoms with E-state index < -0.39 is 11.6 Å². The van der Waals surface area contributed by atoms with Crippen molar-refractivity contribution in [1.82, 2.24) is 14.8 Å². The Morgan fingerprint density at radius 1 is 1.05 bits per heavy atom. The standard InChI is InChI=1S/C14H11F2N5/c15-11-6-12(16)14(19-13(11)20-17)21-8-10(7-18-21)9-4-2-1-3-5-9/h1-8H,17H2,(H,19,20). The molecule has 0 unspecified atom stereocenters. The minimum atomic E-state index is -0.866. The van der Waals surface area contributed by atoms with Crippen molar-refractivity contribution in [2.75, 3.05) is 5.43 Å². The molecular formula is C14H11F2N5. The molecule has 2 heterocycles. The van der Waals surface area contributed by atoms with Gasteiger partial charge in [-0.2, -0.15) is 5.10 Å². The van der Waals surface area contributed by atoms with Gasteiger partial charge in [0.2, 0.25) is 0 Å². The van der Waals surface area contributed by atoms with Crippen molar-refractivity contribution in [1.29, 1.82) is 0 Å². The van der Waals surface area contributed by atoms with E-state index in [-0.39, 0.29) is 11.6 Å². The highest BCUT2D eigenvalue weighted by Crippen LogP contribution is 2.21. The summed E-state index contributed by atoms with van der Waals surface area (Å²) < 4.78 is 28.4. The van der Waals surface area contributed by atoms with Crippen molar-refractivity contribution in [3.8, 4) is 16.9 Å². The van der Waals surface area contributed by atoms with Crippen LogP contribution in [-0.4, -0.2) is 14.8 Å². The van der Waals surface area contributed by atoms with Crippen molar-refractivity contribution in [3.63, 3.8) is 0 Å². The minimum absolute atomic E-state index is 0.133. The summed E-state index contributed by atoms with van der Waals surface area (Å²) in [4.78, 5) is 3.78. The van der Waals surface area contributed by atoms with Gasteiger partial charge in [-0.15, -0.1) is 0 Å². The molecule has 0 amide bonds. The third kappa shape index (κ3) is 2.46. The van der Waals surface area contributed by atoms with Gasteiger partial charge in [0, 0.05) is 17.8 Å². The van der Waals surface area contributed by atoms with E-state index in [0.717, 1.165) is 11.1 Å². The number of nitrogens with zero attached hydrogens (tertiary/aromatic N) is 3. The third-order valence-corrected chi connectivity index (χ3v) is 2.95. The number of aromatic nitrogens is 3. The van der Waals surface area contributed by atoms with Crippen LogP contribution in [0.5, 0.6) is 0 Å². The van der Waals surface area contributed by atoms with Crippen LogP contribution in [0.3, 0.4) is 0 Å². The SMILES string of the molecule is NNc1nc(-n2cc(-c3ccccc3)cn2)c(F)cc1F. The van der Waals surface area contributed by atoms with Gasteiger partial charge < -0.3 is 5.43 Å². The van der Waals surface area contributed by atoms with E-state index in [1.54, 1.807) is 12.4 Å². The summed E-state index contributed by atoms with van der Waals surface area (Å²) in [6, 6.07) is 10.2. The number of hydrogen-bond donors (Lipinski definition) is 2. The van der Waals surface area contributed by atoms with Crippen molar-refractivity contribution < 1.29 is 8.78 Å². The molecule has 3 N–H and O–H groups in total. The molecule has 0 saturated carbocycles. The molecule has 0 spiro atoms. The highest BCUT2D eigenvalue weighted by atomic mass is 19.1. The lowest BCUT2D eigenvalue weighted by molar-refractivity contribution is 0.563. The van der Waals surface area contributed by atoms with Gasteiger partial charge in [0.05, 0.1) is 6.20 Å². The van der Waals surface area contributed by atoms with Gasteiger partial charge in [0.15, 0.2) is 23.3 Å². The van der Waals surface area contributed by atoms with E-state index in [2.05, 4.69) is 15.5 Å². The second-order valence-electron chi connectivity index (χ2n) is 4.31. The molecule has 21 heavy (non-hydrogen) atoms. The fourth-order valence-electron chi connectivity index (χ4n) is 1.94. The van der Waals surface area contributed by atoms with E-state index in [1.807, 2.05) is 30.3 Å². The molecule has 0 atom stereocenters. The van der Waals surface area contributed by atoms with E-state index in [9.17, 15) is 8.78 Å². The summed E-state index contributed by atoms with van der Waals surface area (Å²) in [5, 5.41) is 4.05. The molecule has 5 nitrogen and oxygen atoms in total. The smallest absolute Gasteiger partial charge is 0.191 e. The number of rotatable bonds is 3. The Kier molecular flexibility index (Phi) is 3.33. The summed E-state index contributed by atoms with van der Waals surface area (Å²) in [6.07, 6.45) is 3.19. The predicted molar refractivity (Wildman–Crippen MR) is 74.5 cm³/mol. The maximum atomic E-state index is 13.8. The first-order chi connectivity index (χ1) is 10.2. The minimum Gasteiger partial charge on any atom is -0.306 e. The zero-order chi connectivity index (χ0) is 14.8. The van der Waals surface area contributed by atoms with Crippen LogP contribution in [0.25, 0.3) is 16.9 Å². The molecule has 1 aromatic carbocycles. The second-order valence-corrected chi connectivity index (χ2v) is 4.31. The van der Waals surface area contributed by atoms with E-state index >= 15 is 0 Å². The highest BCUT2D eigenvalue weighted by Gasteiger charge is 2.14. The first-order valence-electron chi connectivity index (χ1n) is 6.12. The van der Waals surface area contributed by atoms with Crippen LogP contribution in [0.4, 0.5) is 14.6 Å². The number of pyridine rings is 1. The molecule has 0 aliphatic heterocycles. The Morgan fingerprint density at radius 2 is 1.81 bits per heavy atom. The lowest BCUT2D eigenvalue weighted by atomic mass is 10.1. The second kappa shape index (κ2) is 5.29. The third-order valence-electron chi connectivity index (χ3n) is 2.95. The van der Waals surface area contributed by atoms with Gasteiger partial charge in [-0.25, -0.2) is 24.3 Å². The first-order valence-corrected chi connectivity index (χ1v) is 6.12. The van der Waals surface area contributed by atoms with Gasteiger partial charge in [-0.1, -0.05) is 30.3 Å². The Labute approximate surface area is 119 Å². The van der Waals surface area contributed by atoms with Gasteiger partial charge in [0.25, 0.3) is 0 Å². The first kappa shape index (κ1) is 13.2. The van der Waals surface area contributed by atoms with Crippen LogP contribution in [-0.2, 0) is 0 Å². The van der Waals surface area contributed by atoms with Crippen molar-refractivity contribution in [2.24, 2.45) is 5.84 Å². The number of anilines is 1. The maximum Gasteiger partial charge on any atom is 0.191 e. The number of halogens is 2. The largest absolute Gasteiger partial charge is 0.306 e. The average molecular weight is 287 g/mol. The molecule has 0 aliphatic rings. The monoisotopic (exact) mass is 287 g/mol. The normalized spacial score (nSPS) is 10.6. The molecule has 0 fully saturated rings.